The van der Waals surface area contributed by atoms with Crippen LogP contribution in [0.25, 0.3) is 0 Å². The van der Waals surface area contributed by atoms with Crippen molar-refractivity contribution in [1.82, 2.24) is 9.78 Å². The van der Waals surface area contributed by atoms with Gasteiger partial charge < -0.3 is 5.11 Å². The maximum atomic E-state index is 11.0. The molecular formula is C17H29BrN2O. The summed E-state index contributed by atoms with van der Waals surface area (Å²) >= 11 is 3.64. The highest BCUT2D eigenvalue weighted by atomic mass is 79.9. The molecule has 21 heavy (non-hydrogen) atoms. The molecule has 1 fully saturated rings. The van der Waals surface area contributed by atoms with Crippen molar-refractivity contribution in [3.8, 4) is 0 Å². The van der Waals surface area contributed by atoms with Gasteiger partial charge in [-0.15, -0.1) is 0 Å². The lowest BCUT2D eigenvalue weighted by Crippen LogP contribution is -2.39. The van der Waals surface area contributed by atoms with Gasteiger partial charge >= 0.3 is 0 Å². The van der Waals surface area contributed by atoms with Crippen molar-refractivity contribution in [2.24, 2.45) is 11.3 Å². The molecule has 1 aliphatic carbocycles. The second-order valence-corrected chi connectivity index (χ2v) is 8.50. The molecule has 1 N–H and O–H groups in total. The zero-order valence-corrected chi connectivity index (χ0v) is 15.6. The maximum absolute atomic E-state index is 11.0. The summed E-state index contributed by atoms with van der Waals surface area (Å²) in [5, 5.41) is 15.5. The fourth-order valence-corrected chi connectivity index (χ4v) is 3.97. The normalized spacial score (nSPS) is 27.1. The van der Waals surface area contributed by atoms with Crippen LogP contribution in [-0.2, 0) is 13.0 Å². The summed E-state index contributed by atoms with van der Waals surface area (Å²) in [5.74, 6) is 0.721. The minimum Gasteiger partial charge on any atom is -0.389 e. The number of hydrogen-bond donors (Lipinski definition) is 1. The topological polar surface area (TPSA) is 38.0 Å². The maximum Gasteiger partial charge on any atom is 0.0738 e. The first kappa shape index (κ1) is 17.0. The molecule has 0 unspecified atom stereocenters. The molecule has 0 aromatic carbocycles. The van der Waals surface area contributed by atoms with Gasteiger partial charge in [0.25, 0.3) is 0 Å². The Morgan fingerprint density at radius 1 is 1.33 bits per heavy atom. The standard InChI is InChI=1S/C17H29BrN2O/c1-6-20-14(15(18)12(2)19-20)11-17(21)9-7-13(8-10-17)16(3,4)5/h13,21H,6-11H2,1-5H3. The minimum atomic E-state index is -0.566. The summed E-state index contributed by atoms with van der Waals surface area (Å²) < 4.78 is 3.09. The van der Waals surface area contributed by atoms with Crippen molar-refractivity contribution >= 4 is 15.9 Å². The van der Waals surface area contributed by atoms with Crippen LogP contribution >= 0.6 is 15.9 Å². The summed E-state index contributed by atoms with van der Waals surface area (Å²) in [7, 11) is 0. The van der Waals surface area contributed by atoms with E-state index in [1.165, 1.54) is 0 Å². The third kappa shape index (κ3) is 3.70. The molecule has 0 saturated heterocycles. The van der Waals surface area contributed by atoms with Gasteiger partial charge in [0.1, 0.15) is 0 Å². The third-order valence-corrected chi connectivity index (χ3v) is 6.12. The number of halogens is 1. The number of aryl methyl sites for hydroxylation is 2. The largest absolute Gasteiger partial charge is 0.389 e. The molecule has 0 atom stereocenters. The van der Waals surface area contributed by atoms with Gasteiger partial charge in [-0.2, -0.15) is 5.10 Å². The predicted octanol–water partition coefficient (Wildman–Crippen LogP) is 4.48. The molecular weight excluding hydrogens is 328 g/mol. The van der Waals surface area contributed by atoms with E-state index < -0.39 is 5.60 Å². The molecule has 0 spiro atoms. The van der Waals surface area contributed by atoms with Gasteiger partial charge in [-0.25, -0.2) is 0 Å². The van der Waals surface area contributed by atoms with Crippen molar-refractivity contribution in [3.63, 3.8) is 0 Å². The van der Waals surface area contributed by atoms with Crippen molar-refractivity contribution in [1.29, 1.82) is 0 Å². The lowest BCUT2D eigenvalue weighted by atomic mass is 9.67. The van der Waals surface area contributed by atoms with Gasteiger partial charge in [0.05, 0.1) is 21.5 Å². The van der Waals surface area contributed by atoms with Gasteiger partial charge in [0.15, 0.2) is 0 Å². The molecule has 0 aliphatic heterocycles. The third-order valence-electron chi connectivity index (χ3n) is 5.09. The van der Waals surface area contributed by atoms with E-state index in [9.17, 15) is 5.11 Å². The molecule has 0 radical (unpaired) electrons. The van der Waals surface area contributed by atoms with Crippen molar-refractivity contribution in [3.05, 3.63) is 15.9 Å². The molecule has 1 aliphatic rings. The highest BCUT2D eigenvalue weighted by Crippen LogP contribution is 2.43. The smallest absolute Gasteiger partial charge is 0.0738 e. The average molecular weight is 357 g/mol. The van der Waals surface area contributed by atoms with E-state index in [4.69, 9.17) is 0 Å². The SMILES string of the molecule is CCn1nc(C)c(Br)c1CC1(O)CCC(C(C)(C)C)CC1. The average Bonchev–Trinajstić information content (AvgIpc) is 2.65. The molecule has 1 saturated carbocycles. The van der Waals surface area contributed by atoms with Gasteiger partial charge in [-0.3, -0.25) is 4.68 Å². The minimum absolute atomic E-state index is 0.351. The lowest BCUT2D eigenvalue weighted by molar-refractivity contribution is -0.0259. The van der Waals surface area contributed by atoms with Crippen LogP contribution in [-0.4, -0.2) is 20.5 Å². The highest BCUT2D eigenvalue weighted by Gasteiger charge is 2.38. The first-order chi connectivity index (χ1) is 9.66. The highest BCUT2D eigenvalue weighted by molar-refractivity contribution is 9.10. The monoisotopic (exact) mass is 356 g/mol. The Morgan fingerprint density at radius 3 is 2.38 bits per heavy atom. The quantitative estimate of drug-likeness (QED) is 0.866. The first-order valence-electron chi connectivity index (χ1n) is 8.10. The van der Waals surface area contributed by atoms with Crippen LogP contribution in [0.5, 0.6) is 0 Å². The summed E-state index contributed by atoms with van der Waals surface area (Å²) in [4.78, 5) is 0. The number of nitrogens with zero attached hydrogens (tertiary/aromatic N) is 2. The Balaban J connectivity index is 2.10. The molecule has 0 bridgehead atoms. The Bertz CT molecular complexity index is 494. The van der Waals surface area contributed by atoms with Gasteiger partial charge in [-0.1, -0.05) is 20.8 Å². The van der Waals surface area contributed by atoms with E-state index in [1.807, 2.05) is 11.6 Å². The number of aliphatic hydroxyl groups is 1. The van der Waals surface area contributed by atoms with Gasteiger partial charge in [0.2, 0.25) is 0 Å². The Kier molecular flexibility index (Phi) is 4.89. The molecule has 1 heterocycles. The molecule has 3 nitrogen and oxygen atoms in total. The fraction of sp³-hybridized carbons (Fsp3) is 0.824. The van der Waals surface area contributed by atoms with Gasteiger partial charge in [0, 0.05) is 13.0 Å². The van der Waals surface area contributed by atoms with Crippen LogP contribution in [0.2, 0.25) is 0 Å². The zero-order valence-electron chi connectivity index (χ0n) is 14.0. The summed E-state index contributed by atoms with van der Waals surface area (Å²) in [6.07, 6.45) is 4.75. The van der Waals surface area contributed by atoms with Crippen LogP contribution in [0, 0.1) is 18.3 Å². The molecule has 2 rings (SSSR count). The van der Waals surface area contributed by atoms with Crippen molar-refractivity contribution < 1.29 is 5.11 Å². The number of hydrogen-bond acceptors (Lipinski definition) is 2. The zero-order chi connectivity index (χ0) is 15.8. The summed E-state index contributed by atoms with van der Waals surface area (Å²) in [6.45, 7) is 11.9. The lowest BCUT2D eigenvalue weighted by Gasteiger charge is -2.41. The van der Waals surface area contributed by atoms with Crippen LogP contribution in [0.1, 0.15) is 64.8 Å². The second-order valence-electron chi connectivity index (χ2n) is 7.70. The summed E-state index contributed by atoms with van der Waals surface area (Å²) in [6, 6.07) is 0. The van der Waals surface area contributed by atoms with Crippen LogP contribution in [0.15, 0.2) is 4.47 Å². The van der Waals surface area contributed by atoms with Crippen LogP contribution in [0.4, 0.5) is 0 Å². The van der Waals surface area contributed by atoms with Crippen molar-refractivity contribution in [2.75, 3.05) is 0 Å². The second kappa shape index (κ2) is 6.04. The molecule has 0 amide bonds. The fourth-order valence-electron chi connectivity index (χ4n) is 3.55. The van der Waals surface area contributed by atoms with Crippen LogP contribution in [0.3, 0.4) is 0 Å². The predicted molar refractivity (Wildman–Crippen MR) is 90.4 cm³/mol. The molecule has 1 aromatic rings. The Hall–Kier alpha value is -0.350. The van der Waals surface area contributed by atoms with E-state index in [0.29, 0.717) is 11.8 Å². The number of rotatable bonds is 3. The van der Waals surface area contributed by atoms with E-state index in [0.717, 1.165) is 54.0 Å². The summed E-state index contributed by atoms with van der Waals surface area (Å²) in [5.41, 5.74) is 1.94. The van der Waals surface area contributed by atoms with Crippen molar-refractivity contribution in [2.45, 2.75) is 78.9 Å². The molecule has 4 heteroatoms. The first-order valence-corrected chi connectivity index (χ1v) is 8.90. The Morgan fingerprint density at radius 2 is 1.90 bits per heavy atom. The number of aromatic nitrogens is 2. The molecule has 120 valence electrons. The van der Waals surface area contributed by atoms with E-state index >= 15 is 0 Å². The van der Waals surface area contributed by atoms with E-state index in [-0.39, 0.29) is 0 Å². The van der Waals surface area contributed by atoms with E-state index in [1.54, 1.807) is 0 Å². The molecule has 1 aromatic heterocycles. The van der Waals surface area contributed by atoms with Gasteiger partial charge in [-0.05, 0) is 66.8 Å². The van der Waals surface area contributed by atoms with Crippen LogP contribution < -0.4 is 0 Å². The Labute approximate surface area is 137 Å². The van der Waals surface area contributed by atoms with E-state index in [2.05, 4.69) is 48.7 Å².